The fourth-order valence-electron chi connectivity index (χ4n) is 4.00. The van der Waals surface area contributed by atoms with Gasteiger partial charge in [-0.15, -0.1) is 0 Å². The maximum Gasteiger partial charge on any atom is 0.192 e. The van der Waals surface area contributed by atoms with Crippen LogP contribution in [0, 0.1) is 0 Å². The van der Waals surface area contributed by atoms with Crippen molar-refractivity contribution in [2.45, 2.75) is 0 Å². The molecule has 0 amide bonds. The lowest BCUT2D eigenvalue weighted by Gasteiger charge is -2.35. The molecule has 1 aliphatic rings. The normalized spacial score (nSPS) is 15.0. The highest BCUT2D eigenvalue weighted by Crippen LogP contribution is 2.33. The minimum Gasteiger partial charge on any atom is -0.497 e. The Bertz CT molecular complexity index is 1100. The quantitative estimate of drug-likeness (QED) is 0.682. The summed E-state index contributed by atoms with van der Waals surface area (Å²) < 4.78 is 13.0. The Morgan fingerprint density at radius 2 is 1.59 bits per heavy atom. The molecule has 1 fully saturated rings. The number of anilines is 1. The van der Waals surface area contributed by atoms with E-state index in [0.29, 0.717) is 0 Å². The maximum atomic E-state index is 13.3. The summed E-state index contributed by atoms with van der Waals surface area (Å²) in [5, 5.41) is 0.740. The van der Waals surface area contributed by atoms with Gasteiger partial charge in [0.1, 0.15) is 11.5 Å². The van der Waals surface area contributed by atoms with Gasteiger partial charge < -0.3 is 23.8 Å². The molecule has 0 atom stereocenters. The van der Waals surface area contributed by atoms with E-state index in [4.69, 9.17) is 9.47 Å². The van der Waals surface area contributed by atoms with Crippen LogP contribution in [0.3, 0.4) is 0 Å². The van der Waals surface area contributed by atoms with Crippen molar-refractivity contribution in [2.24, 2.45) is 7.05 Å². The molecule has 0 aliphatic carbocycles. The van der Waals surface area contributed by atoms with Crippen molar-refractivity contribution in [3.05, 3.63) is 52.7 Å². The highest BCUT2D eigenvalue weighted by atomic mass is 16.5. The standard InChI is InChI=1S/C23H27N3O3/c1-24-8-10-26(11-9-24)21-14-18(29-4)13-20-23(21)22(27)15-19(25(20)2)16-6-5-7-17(12-16)28-3/h5-7,12-15H,8-11H2,1-4H3. The number of nitrogens with zero attached hydrogens (tertiary/aromatic N) is 3. The average molecular weight is 393 g/mol. The Hall–Kier alpha value is -2.99. The number of ether oxygens (including phenoxy) is 2. The van der Waals surface area contributed by atoms with E-state index in [0.717, 1.165) is 65.5 Å². The predicted molar refractivity (Wildman–Crippen MR) is 117 cm³/mol. The molecule has 1 saturated heterocycles. The van der Waals surface area contributed by atoms with Gasteiger partial charge in [0, 0.05) is 57.0 Å². The Morgan fingerprint density at radius 3 is 2.28 bits per heavy atom. The summed E-state index contributed by atoms with van der Waals surface area (Å²) in [7, 11) is 7.43. The van der Waals surface area contributed by atoms with E-state index in [-0.39, 0.29) is 5.43 Å². The molecule has 0 N–H and O–H groups in total. The zero-order valence-corrected chi connectivity index (χ0v) is 17.4. The fourth-order valence-corrected chi connectivity index (χ4v) is 4.00. The Morgan fingerprint density at radius 1 is 0.862 bits per heavy atom. The molecule has 0 radical (unpaired) electrons. The number of fused-ring (bicyclic) bond motifs is 1. The van der Waals surface area contributed by atoms with Crippen LogP contribution in [0.5, 0.6) is 11.5 Å². The SMILES string of the molecule is COc1cccc(-c2cc(=O)c3c(N4CCN(C)CC4)cc(OC)cc3n2C)c1. The number of aryl methyl sites for hydroxylation is 1. The fraction of sp³-hybridized carbons (Fsp3) is 0.348. The molecule has 1 aromatic heterocycles. The van der Waals surface area contributed by atoms with Crippen molar-refractivity contribution in [3.8, 4) is 22.8 Å². The number of hydrogen-bond donors (Lipinski definition) is 0. The van der Waals surface area contributed by atoms with Gasteiger partial charge in [0.2, 0.25) is 0 Å². The van der Waals surface area contributed by atoms with Gasteiger partial charge in [-0.2, -0.15) is 0 Å². The zero-order chi connectivity index (χ0) is 20.5. The molecular formula is C23H27N3O3. The highest BCUT2D eigenvalue weighted by molar-refractivity contribution is 5.95. The van der Waals surface area contributed by atoms with Crippen molar-refractivity contribution in [3.63, 3.8) is 0 Å². The molecule has 29 heavy (non-hydrogen) atoms. The molecule has 0 saturated carbocycles. The minimum absolute atomic E-state index is 0.0208. The molecule has 4 rings (SSSR count). The molecule has 6 nitrogen and oxygen atoms in total. The van der Waals surface area contributed by atoms with Crippen molar-refractivity contribution >= 4 is 16.6 Å². The monoisotopic (exact) mass is 393 g/mol. The molecule has 0 unspecified atom stereocenters. The van der Waals surface area contributed by atoms with Gasteiger partial charge in [0.05, 0.1) is 36.5 Å². The summed E-state index contributed by atoms with van der Waals surface area (Å²) in [6.07, 6.45) is 0. The van der Waals surface area contributed by atoms with E-state index in [2.05, 4.69) is 21.4 Å². The molecular weight excluding hydrogens is 366 g/mol. The number of pyridine rings is 1. The van der Waals surface area contributed by atoms with Crippen molar-refractivity contribution in [1.29, 1.82) is 0 Å². The van der Waals surface area contributed by atoms with Crippen LogP contribution in [0.25, 0.3) is 22.2 Å². The summed E-state index contributed by atoms with van der Waals surface area (Å²) in [5.41, 5.74) is 3.62. The Kier molecular flexibility index (Phi) is 5.20. The molecule has 152 valence electrons. The maximum absolute atomic E-state index is 13.3. The number of piperazine rings is 1. The molecule has 0 bridgehead atoms. The first kappa shape index (κ1) is 19.3. The van der Waals surface area contributed by atoms with Crippen molar-refractivity contribution in [2.75, 3.05) is 52.3 Å². The van der Waals surface area contributed by atoms with Crippen LogP contribution < -0.4 is 19.8 Å². The van der Waals surface area contributed by atoms with E-state index in [1.807, 2.05) is 43.4 Å². The van der Waals surface area contributed by atoms with Crippen LogP contribution in [0.15, 0.2) is 47.3 Å². The average Bonchev–Trinajstić information content (AvgIpc) is 2.76. The van der Waals surface area contributed by atoms with E-state index in [9.17, 15) is 4.79 Å². The third-order valence-electron chi connectivity index (χ3n) is 5.75. The van der Waals surface area contributed by atoms with Gasteiger partial charge in [-0.25, -0.2) is 0 Å². The van der Waals surface area contributed by atoms with Gasteiger partial charge in [-0.1, -0.05) is 12.1 Å². The first-order valence-corrected chi connectivity index (χ1v) is 9.81. The zero-order valence-electron chi connectivity index (χ0n) is 17.4. The lowest BCUT2D eigenvalue weighted by molar-refractivity contribution is 0.313. The van der Waals surface area contributed by atoms with Crippen LogP contribution in [0.2, 0.25) is 0 Å². The molecule has 0 spiro atoms. The largest absolute Gasteiger partial charge is 0.497 e. The van der Waals surface area contributed by atoms with Gasteiger partial charge in [-0.05, 0) is 19.2 Å². The topological polar surface area (TPSA) is 46.9 Å². The predicted octanol–water partition coefficient (Wildman–Crippen LogP) is 2.97. The Balaban J connectivity index is 1.93. The number of rotatable bonds is 4. The van der Waals surface area contributed by atoms with Crippen molar-refractivity contribution < 1.29 is 9.47 Å². The highest BCUT2D eigenvalue weighted by Gasteiger charge is 2.21. The lowest BCUT2D eigenvalue weighted by atomic mass is 10.1. The second-order valence-corrected chi connectivity index (χ2v) is 7.52. The minimum atomic E-state index is 0.0208. The lowest BCUT2D eigenvalue weighted by Crippen LogP contribution is -2.44. The van der Waals surface area contributed by atoms with E-state index in [1.54, 1.807) is 20.3 Å². The molecule has 3 aromatic rings. The van der Waals surface area contributed by atoms with E-state index >= 15 is 0 Å². The first-order chi connectivity index (χ1) is 14.0. The number of aromatic nitrogens is 1. The summed E-state index contributed by atoms with van der Waals surface area (Å²) in [6.45, 7) is 3.72. The van der Waals surface area contributed by atoms with Crippen LogP contribution in [0.4, 0.5) is 5.69 Å². The number of hydrogen-bond acceptors (Lipinski definition) is 5. The second kappa shape index (κ2) is 7.79. The van der Waals surface area contributed by atoms with Gasteiger partial charge in [-0.3, -0.25) is 4.79 Å². The van der Waals surface area contributed by atoms with Gasteiger partial charge >= 0.3 is 0 Å². The van der Waals surface area contributed by atoms with Crippen LogP contribution in [-0.2, 0) is 7.05 Å². The summed E-state index contributed by atoms with van der Waals surface area (Å²) >= 11 is 0. The summed E-state index contributed by atoms with van der Waals surface area (Å²) in [4.78, 5) is 17.9. The first-order valence-electron chi connectivity index (χ1n) is 9.81. The van der Waals surface area contributed by atoms with Gasteiger partial charge in [0.15, 0.2) is 5.43 Å². The van der Waals surface area contributed by atoms with Gasteiger partial charge in [0.25, 0.3) is 0 Å². The Labute approximate surface area is 170 Å². The summed E-state index contributed by atoms with van der Waals surface area (Å²) in [5.74, 6) is 1.52. The van der Waals surface area contributed by atoms with Crippen LogP contribution in [0.1, 0.15) is 0 Å². The second-order valence-electron chi connectivity index (χ2n) is 7.52. The third kappa shape index (κ3) is 3.56. The number of likely N-dealkylation sites (N-methyl/N-ethyl adjacent to an activating group) is 1. The number of benzene rings is 2. The molecule has 1 aliphatic heterocycles. The summed E-state index contributed by atoms with van der Waals surface area (Å²) in [6, 6.07) is 13.4. The number of methoxy groups -OCH3 is 2. The van der Waals surface area contributed by atoms with Crippen LogP contribution >= 0.6 is 0 Å². The third-order valence-corrected chi connectivity index (χ3v) is 5.75. The molecule has 2 aromatic carbocycles. The van der Waals surface area contributed by atoms with Crippen LogP contribution in [-0.4, -0.2) is 56.9 Å². The van der Waals surface area contributed by atoms with E-state index < -0.39 is 0 Å². The smallest absolute Gasteiger partial charge is 0.192 e. The van der Waals surface area contributed by atoms with E-state index in [1.165, 1.54) is 0 Å². The molecule has 6 heteroatoms. The molecule has 2 heterocycles. The van der Waals surface area contributed by atoms with Crippen molar-refractivity contribution in [1.82, 2.24) is 9.47 Å².